The Labute approximate surface area is 202 Å². The Kier molecular flexibility index (Phi) is 6.09. The molecular formula is C27H24N6O2. The van der Waals surface area contributed by atoms with Crippen LogP contribution in [0.1, 0.15) is 30.2 Å². The Morgan fingerprint density at radius 2 is 1.71 bits per heavy atom. The maximum atomic E-state index is 12.5. The van der Waals surface area contributed by atoms with E-state index in [1.54, 1.807) is 0 Å². The monoisotopic (exact) mass is 464 g/mol. The molecule has 0 bridgehead atoms. The molecule has 4 aromatic rings. The molecule has 0 saturated heterocycles. The summed E-state index contributed by atoms with van der Waals surface area (Å²) in [7, 11) is 0. The van der Waals surface area contributed by atoms with Gasteiger partial charge in [-0.1, -0.05) is 55.5 Å². The number of aromatic amines is 1. The second-order valence-electron chi connectivity index (χ2n) is 8.41. The summed E-state index contributed by atoms with van der Waals surface area (Å²) in [4.78, 5) is 24.0. The minimum atomic E-state index is -0.351. The van der Waals surface area contributed by atoms with Gasteiger partial charge in [-0.15, -0.1) is 0 Å². The van der Waals surface area contributed by atoms with Gasteiger partial charge < -0.3 is 10.6 Å². The fraction of sp³-hybridized carbons (Fsp3) is 0.111. The number of hydrogen-bond acceptors (Lipinski definition) is 4. The third kappa shape index (κ3) is 5.11. The molecule has 1 unspecified atom stereocenters. The molecule has 0 saturated carbocycles. The number of hydrogen-bond donors (Lipinski definition) is 4. The molecule has 0 spiro atoms. The van der Waals surface area contributed by atoms with Crippen LogP contribution in [0.25, 0.3) is 23.1 Å². The van der Waals surface area contributed by atoms with Crippen molar-refractivity contribution in [2.75, 3.05) is 10.6 Å². The molecule has 0 aliphatic carbocycles. The van der Waals surface area contributed by atoms with Crippen molar-refractivity contribution in [2.45, 2.75) is 13.3 Å². The van der Waals surface area contributed by atoms with Crippen LogP contribution >= 0.6 is 0 Å². The zero-order valence-corrected chi connectivity index (χ0v) is 19.1. The lowest BCUT2D eigenvalue weighted by atomic mass is 9.94. The fourth-order valence-corrected chi connectivity index (χ4v) is 4.00. The lowest BCUT2D eigenvalue weighted by Gasteiger charge is -2.19. The van der Waals surface area contributed by atoms with Gasteiger partial charge in [0.05, 0.1) is 16.9 Å². The molecular weight excluding hydrogens is 440 g/mol. The van der Waals surface area contributed by atoms with Crippen molar-refractivity contribution in [1.29, 1.82) is 0 Å². The first-order chi connectivity index (χ1) is 17.0. The molecule has 1 aliphatic heterocycles. The molecule has 8 nitrogen and oxygen atoms in total. The van der Waals surface area contributed by atoms with Crippen molar-refractivity contribution in [3.63, 3.8) is 0 Å². The summed E-state index contributed by atoms with van der Waals surface area (Å²) in [5.41, 5.74) is 8.31. The zero-order valence-electron chi connectivity index (χ0n) is 19.1. The largest absolute Gasteiger partial charge is 0.323 e. The Balaban J connectivity index is 1.23. The summed E-state index contributed by atoms with van der Waals surface area (Å²) in [6.07, 6.45) is 4.38. The Hall–Kier alpha value is -4.72. The molecule has 174 valence electrons. The maximum Gasteiger partial charge on any atom is 0.323 e. The number of aromatic nitrogens is 2. The van der Waals surface area contributed by atoms with Crippen LogP contribution in [0.2, 0.25) is 0 Å². The van der Waals surface area contributed by atoms with Gasteiger partial charge in [-0.3, -0.25) is 9.89 Å². The quantitative estimate of drug-likeness (QED) is 0.324. The summed E-state index contributed by atoms with van der Waals surface area (Å²) in [5, 5.41) is 18.2. The van der Waals surface area contributed by atoms with Crippen LogP contribution in [0.4, 0.5) is 16.2 Å². The molecule has 3 amide bonds. The summed E-state index contributed by atoms with van der Waals surface area (Å²) in [6, 6.07) is 22.7. The Morgan fingerprint density at radius 3 is 2.49 bits per heavy atom. The smallest absolute Gasteiger partial charge is 0.308 e. The second kappa shape index (κ2) is 9.64. The van der Waals surface area contributed by atoms with E-state index in [4.69, 9.17) is 0 Å². The molecule has 3 aromatic carbocycles. The predicted molar refractivity (Wildman–Crippen MR) is 139 cm³/mol. The number of fused-ring (bicyclic) bond motifs is 1. The first-order valence-corrected chi connectivity index (χ1v) is 11.3. The number of rotatable bonds is 5. The number of amides is 3. The van der Waals surface area contributed by atoms with E-state index in [0.717, 1.165) is 33.4 Å². The minimum Gasteiger partial charge on any atom is -0.308 e. The van der Waals surface area contributed by atoms with Crippen LogP contribution in [-0.2, 0) is 4.79 Å². The zero-order chi connectivity index (χ0) is 24.2. The van der Waals surface area contributed by atoms with E-state index in [2.05, 4.69) is 31.4 Å². The predicted octanol–water partition coefficient (Wildman–Crippen LogP) is 5.24. The van der Waals surface area contributed by atoms with Gasteiger partial charge in [-0.2, -0.15) is 10.2 Å². The van der Waals surface area contributed by atoms with Gasteiger partial charge in [0.25, 0.3) is 0 Å². The van der Waals surface area contributed by atoms with Gasteiger partial charge in [0.1, 0.15) is 0 Å². The van der Waals surface area contributed by atoms with Gasteiger partial charge >= 0.3 is 6.03 Å². The highest BCUT2D eigenvalue weighted by molar-refractivity contribution is 6.06. The summed E-state index contributed by atoms with van der Waals surface area (Å²) >= 11 is 0. The number of urea groups is 1. The molecule has 2 heterocycles. The molecule has 8 heteroatoms. The van der Waals surface area contributed by atoms with Crippen LogP contribution in [-0.4, -0.2) is 27.8 Å². The van der Waals surface area contributed by atoms with Gasteiger partial charge in [0.2, 0.25) is 5.91 Å². The van der Waals surface area contributed by atoms with Crippen LogP contribution < -0.4 is 16.1 Å². The van der Waals surface area contributed by atoms with E-state index in [1.807, 2.05) is 91.9 Å². The van der Waals surface area contributed by atoms with Crippen LogP contribution in [0.5, 0.6) is 0 Å². The molecule has 0 fully saturated rings. The molecule has 0 radical (unpaired) electrons. The summed E-state index contributed by atoms with van der Waals surface area (Å²) in [6.45, 7) is 1.97. The summed E-state index contributed by atoms with van der Waals surface area (Å²) < 4.78 is 0. The van der Waals surface area contributed by atoms with Crippen LogP contribution in [0.3, 0.4) is 0 Å². The number of carbonyl (C=O) groups excluding carboxylic acids is 2. The van der Waals surface area contributed by atoms with Crippen molar-refractivity contribution in [3.8, 4) is 0 Å². The molecule has 1 atom stereocenters. The van der Waals surface area contributed by atoms with Crippen LogP contribution in [0, 0.1) is 5.92 Å². The third-order valence-corrected chi connectivity index (χ3v) is 5.78. The van der Waals surface area contributed by atoms with Crippen molar-refractivity contribution in [3.05, 3.63) is 89.6 Å². The van der Waals surface area contributed by atoms with E-state index in [9.17, 15) is 9.59 Å². The lowest BCUT2D eigenvalue weighted by molar-refractivity contribution is -0.121. The van der Waals surface area contributed by atoms with E-state index < -0.39 is 0 Å². The normalized spacial score (nSPS) is 15.6. The topological polar surface area (TPSA) is 111 Å². The van der Waals surface area contributed by atoms with Crippen molar-refractivity contribution >= 4 is 52.1 Å². The number of anilines is 2. The minimum absolute atomic E-state index is 0.0394. The van der Waals surface area contributed by atoms with Crippen LogP contribution in [0.15, 0.2) is 77.9 Å². The highest BCUT2D eigenvalue weighted by atomic mass is 16.2. The maximum absolute atomic E-state index is 12.5. The Bertz CT molecular complexity index is 1440. The number of nitrogens with one attached hydrogen (secondary N) is 4. The second-order valence-corrected chi connectivity index (χ2v) is 8.41. The number of carbonyl (C=O) groups is 2. The number of benzene rings is 3. The van der Waals surface area contributed by atoms with Gasteiger partial charge in [0.15, 0.2) is 0 Å². The number of nitrogens with zero attached hydrogens (tertiary/aromatic N) is 2. The first-order valence-electron chi connectivity index (χ1n) is 11.3. The highest BCUT2D eigenvalue weighted by Gasteiger charge is 2.21. The Morgan fingerprint density at radius 1 is 0.971 bits per heavy atom. The van der Waals surface area contributed by atoms with E-state index in [-0.39, 0.29) is 17.9 Å². The van der Waals surface area contributed by atoms with E-state index in [0.29, 0.717) is 17.8 Å². The summed E-state index contributed by atoms with van der Waals surface area (Å²) in [5.74, 6) is -0.0398. The standard InChI is InChI=1S/C27H24N6O2/c1-17-15-25(34)32-33-26(17)19-8-10-20(11-9-19)28-27(35)29-21-12-13-22-23(30-31-24(22)16-21)14-7-18-5-3-2-4-6-18/h2-14,16-17H,15H2,1H3,(H,30,31)(H,32,34)(H2,28,29,35)/b14-7+. The molecule has 35 heavy (non-hydrogen) atoms. The van der Waals surface area contributed by atoms with Gasteiger partial charge in [-0.05, 0) is 47.5 Å². The average molecular weight is 465 g/mol. The lowest BCUT2D eigenvalue weighted by Crippen LogP contribution is -2.31. The molecule has 1 aliphatic rings. The van der Waals surface area contributed by atoms with Gasteiger partial charge in [0, 0.05) is 29.1 Å². The van der Waals surface area contributed by atoms with Crippen molar-refractivity contribution in [2.24, 2.45) is 11.0 Å². The number of hydrazone groups is 1. The molecule has 1 aromatic heterocycles. The fourth-order valence-electron chi connectivity index (χ4n) is 4.00. The molecule has 5 rings (SSSR count). The van der Waals surface area contributed by atoms with Gasteiger partial charge in [-0.25, -0.2) is 10.2 Å². The average Bonchev–Trinajstić information content (AvgIpc) is 3.26. The number of H-pyrrole nitrogens is 1. The van der Waals surface area contributed by atoms with E-state index >= 15 is 0 Å². The SMILES string of the molecule is CC1CC(=O)NN=C1c1ccc(NC(=O)Nc2ccc3c(/C=C/c4ccccc4)n[nH]c3c2)cc1. The third-order valence-electron chi connectivity index (χ3n) is 5.78. The van der Waals surface area contributed by atoms with Crippen molar-refractivity contribution in [1.82, 2.24) is 15.6 Å². The first kappa shape index (κ1) is 22.1. The van der Waals surface area contributed by atoms with Crippen molar-refractivity contribution < 1.29 is 9.59 Å². The van der Waals surface area contributed by atoms with E-state index in [1.165, 1.54) is 0 Å². The highest BCUT2D eigenvalue weighted by Crippen LogP contribution is 2.23. The molecule has 4 N–H and O–H groups in total.